The summed E-state index contributed by atoms with van der Waals surface area (Å²) in [6.45, 7) is 20.7. The van der Waals surface area contributed by atoms with E-state index in [1.54, 1.807) is 0 Å². The van der Waals surface area contributed by atoms with Crippen molar-refractivity contribution in [3.8, 4) is 0 Å². The van der Waals surface area contributed by atoms with Crippen LogP contribution in [0, 0.1) is 56.7 Å². The maximum atomic E-state index is 11.9. The average Bonchev–Trinajstić information content (AvgIpc) is 3.22. The van der Waals surface area contributed by atoms with E-state index in [-0.39, 0.29) is 22.9 Å². The molecule has 0 unspecified atom stereocenters. The minimum absolute atomic E-state index is 0.00953. The van der Waals surface area contributed by atoms with Gasteiger partial charge in [-0.15, -0.1) is 0 Å². The summed E-state index contributed by atoms with van der Waals surface area (Å²) < 4.78 is 4.93. The van der Waals surface area contributed by atoms with Crippen LogP contribution in [-0.4, -0.2) is 37.4 Å². The number of allylic oxidation sites excluding steroid dienone is 1. The van der Waals surface area contributed by atoms with Gasteiger partial charge in [-0.2, -0.15) is 0 Å². The molecule has 4 heteroatoms. The van der Waals surface area contributed by atoms with Gasteiger partial charge in [0.15, 0.2) is 0 Å². The summed E-state index contributed by atoms with van der Waals surface area (Å²) in [4.78, 5) is 11.9. The number of esters is 1. The van der Waals surface area contributed by atoms with Crippen LogP contribution in [0.15, 0.2) is 12.2 Å². The Morgan fingerprint density at radius 1 is 0.919 bits per heavy atom. The van der Waals surface area contributed by atoms with Crippen molar-refractivity contribution < 1.29 is 14.6 Å². The van der Waals surface area contributed by atoms with E-state index in [4.69, 9.17) is 4.74 Å². The van der Waals surface area contributed by atoms with Gasteiger partial charge in [-0.25, -0.2) is 0 Å². The van der Waals surface area contributed by atoms with Gasteiger partial charge in [0.2, 0.25) is 0 Å². The van der Waals surface area contributed by atoms with Crippen LogP contribution in [0.3, 0.4) is 0 Å². The molecule has 2 N–H and O–H groups in total. The van der Waals surface area contributed by atoms with Crippen molar-refractivity contribution in [2.24, 2.45) is 56.7 Å². The van der Waals surface area contributed by atoms with Crippen molar-refractivity contribution in [2.45, 2.75) is 112 Å². The molecular weight excluding hydrogens is 458 g/mol. The summed E-state index contributed by atoms with van der Waals surface area (Å²) in [6, 6.07) is 0. The molecule has 210 valence electrons. The predicted molar refractivity (Wildman–Crippen MR) is 150 cm³/mol. The molecule has 0 aromatic rings. The van der Waals surface area contributed by atoms with Crippen molar-refractivity contribution in [1.29, 1.82) is 0 Å². The molecule has 4 nitrogen and oxygen atoms in total. The standard InChI is InChI=1S/C33H55NO3/c1-21(2)22-11-16-33(20-34-19-27(36)37-8)18-17-31(6)23(28(22)33)9-10-25-30(5)14-13-26(35)29(3,4)24(30)12-15-32(25,31)7/h22-26,28,34-35H,1,9-20H2,2-8H3/t22-,23+,24-,25+,26-,28+,30-,31+,32+,33+/m0/s1. The monoisotopic (exact) mass is 513 g/mol. The second-order valence-electron chi connectivity index (χ2n) is 15.6. The van der Waals surface area contributed by atoms with Crippen LogP contribution in [-0.2, 0) is 9.53 Å². The maximum absolute atomic E-state index is 11.9. The molecule has 0 radical (unpaired) electrons. The number of carbonyl (C=O) groups excluding carboxylic acids is 1. The van der Waals surface area contributed by atoms with Crippen molar-refractivity contribution >= 4 is 5.97 Å². The van der Waals surface area contributed by atoms with Crippen molar-refractivity contribution in [1.82, 2.24) is 5.32 Å². The van der Waals surface area contributed by atoms with Crippen molar-refractivity contribution in [3.05, 3.63) is 12.2 Å². The Morgan fingerprint density at radius 2 is 1.65 bits per heavy atom. The number of aliphatic hydroxyl groups excluding tert-OH is 1. The zero-order valence-electron chi connectivity index (χ0n) is 24.9. The van der Waals surface area contributed by atoms with E-state index < -0.39 is 0 Å². The topological polar surface area (TPSA) is 58.6 Å². The number of rotatable bonds is 5. The van der Waals surface area contributed by atoms with E-state index in [0.717, 1.165) is 18.9 Å². The van der Waals surface area contributed by atoms with E-state index in [1.807, 2.05) is 0 Å². The highest BCUT2D eigenvalue weighted by atomic mass is 16.5. The SMILES string of the molecule is C=C(C)[C@@H]1CC[C@]2(CNCC(=O)OC)CC[C@]3(C)[C@H](CC[C@@H]4[C@@]5(C)CC[C@H](O)C(C)(C)[C@@H]5CC[C@]43C)[C@@H]12. The molecule has 0 aliphatic heterocycles. The van der Waals surface area contributed by atoms with Gasteiger partial charge in [0.25, 0.3) is 0 Å². The predicted octanol–water partition coefficient (Wildman–Crippen LogP) is 6.77. The highest BCUT2D eigenvalue weighted by Crippen LogP contribution is 2.77. The number of hydrogen-bond acceptors (Lipinski definition) is 4. The summed E-state index contributed by atoms with van der Waals surface area (Å²) in [5.41, 5.74) is 2.64. The lowest BCUT2D eigenvalue weighted by atomic mass is 9.32. The van der Waals surface area contributed by atoms with Crippen LogP contribution in [0.1, 0.15) is 106 Å². The molecule has 37 heavy (non-hydrogen) atoms. The molecule has 10 atom stereocenters. The Kier molecular flexibility index (Phi) is 6.80. The first-order valence-corrected chi connectivity index (χ1v) is 15.4. The highest BCUT2D eigenvalue weighted by molar-refractivity contribution is 5.71. The van der Waals surface area contributed by atoms with Gasteiger partial charge in [-0.3, -0.25) is 4.79 Å². The summed E-state index contributed by atoms with van der Waals surface area (Å²) in [5, 5.41) is 14.5. The Balaban J connectivity index is 1.48. The first-order valence-electron chi connectivity index (χ1n) is 15.4. The second-order valence-corrected chi connectivity index (χ2v) is 15.6. The third-order valence-corrected chi connectivity index (χ3v) is 14.2. The lowest BCUT2D eigenvalue weighted by Crippen LogP contribution is -2.67. The quantitative estimate of drug-likeness (QED) is 0.315. The van der Waals surface area contributed by atoms with E-state index in [1.165, 1.54) is 70.5 Å². The number of nitrogens with one attached hydrogen (secondary N) is 1. The first-order chi connectivity index (χ1) is 17.3. The molecule has 0 amide bonds. The number of ether oxygens (including phenoxy) is 1. The minimum Gasteiger partial charge on any atom is -0.468 e. The molecule has 0 bridgehead atoms. The largest absolute Gasteiger partial charge is 0.468 e. The minimum atomic E-state index is -0.165. The fraction of sp³-hybridized carbons (Fsp3) is 0.909. The number of methoxy groups -OCH3 is 1. The van der Waals surface area contributed by atoms with Gasteiger partial charge in [0, 0.05) is 6.54 Å². The summed E-state index contributed by atoms with van der Waals surface area (Å²) in [6.07, 6.45) is 12.3. The normalized spacial score (nSPS) is 50.3. The first kappa shape index (κ1) is 27.7. The molecule has 5 fully saturated rings. The van der Waals surface area contributed by atoms with Gasteiger partial charge in [-0.1, -0.05) is 46.8 Å². The Hall–Kier alpha value is -0.870. The third kappa shape index (κ3) is 3.77. The lowest BCUT2D eigenvalue weighted by Gasteiger charge is -2.73. The van der Waals surface area contributed by atoms with Crippen LogP contribution in [0.25, 0.3) is 0 Å². The molecule has 5 aliphatic carbocycles. The number of hydrogen-bond donors (Lipinski definition) is 2. The van der Waals surface area contributed by atoms with Crippen LogP contribution in [0.4, 0.5) is 0 Å². The Labute approximate surface area is 226 Å². The van der Waals surface area contributed by atoms with E-state index >= 15 is 0 Å². The number of fused-ring (bicyclic) bond motifs is 7. The number of aliphatic hydroxyl groups is 1. The van der Waals surface area contributed by atoms with Crippen LogP contribution >= 0.6 is 0 Å². The van der Waals surface area contributed by atoms with Gasteiger partial charge >= 0.3 is 5.97 Å². The van der Waals surface area contributed by atoms with Crippen LogP contribution < -0.4 is 5.32 Å². The molecule has 0 heterocycles. The lowest BCUT2D eigenvalue weighted by molar-refractivity contribution is -0.247. The summed E-state index contributed by atoms with van der Waals surface area (Å²) in [7, 11) is 1.48. The van der Waals surface area contributed by atoms with Gasteiger partial charge in [0.05, 0.1) is 19.8 Å². The zero-order valence-corrected chi connectivity index (χ0v) is 24.9. The van der Waals surface area contributed by atoms with Gasteiger partial charge < -0.3 is 15.2 Å². The smallest absolute Gasteiger partial charge is 0.319 e. The molecule has 0 aromatic carbocycles. The number of carbonyl (C=O) groups is 1. The van der Waals surface area contributed by atoms with E-state index in [0.29, 0.717) is 46.5 Å². The summed E-state index contributed by atoms with van der Waals surface area (Å²) in [5.74, 6) is 3.15. The van der Waals surface area contributed by atoms with Gasteiger partial charge in [-0.05, 0) is 128 Å². The zero-order chi connectivity index (χ0) is 27.0. The molecule has 5 saturated carbocycles. The van der Waals surface area contributed by atoms with Crippen molar-refractivity contribution in [3.63, 3.8) is 0 Å². The summed E-state index contributed by atoms with van der Waals surface area (Å²) >= 11 is 0. The molecule has 0 spiro atoms. The van der Waals surface area contributed by atoms with Gasteiger partial charge in [0.1, 0.15) is 0 Å². The maximum Gasteiger partial charge on any atom is 0.319 e. The van der Waals surface area contributed by atoms with Crippen LogP contribution in [0.2, 0.25) is 0 Å². The Morgan fingerprint density at radius 3 is 2.32 bits per heavy atom. The highest BCUT2D eigenvalue weighted by Gasteiger charge is 2.70. The van der Waals surface area contributed by atoms with E-state index in [2.05, 4.69) is 53.4 Å². The molecule has 0 saturated heterocycles. The fourth-order valence-corrected chi connectivity index (χ4v) is 12.1. The molecule has 5 aliphatic rings. The molecule has 5 rings (SSSR count). The molecule has 0 aromatic heterocycles. The Bertz CT molecular complexity index is 929. The fourth-order valence-electron chi connectivity index (χ4n) is 12.1. The van der Waals surface area contributed by atoms with E-state index in [9.17, 15) is 9.90 Å². The van der Waals surface area contributed by atoms with Crippen LogP contribution in [0.5, 0.6) is 0 Å². The second kappa shape index (κ2) is 9.08. The third-order valence-electron chi connectivity index (χ3n) is 14.2. The average molecular weight is 514 g/mol. The molecular formula is C33H55NO3. The van der Waals surface area contributed by atoms with Crippen molar-refractivity contribution in [2.75, 3.05) is 20.2 Å².